The number of phenolic OH excluding ortho intramolecular Hbond substituents is 1. The summed E-state index contributed by atoms with van der Waals surface area (Å²) in [5.41, 5.74) is -0.360. The molecule has 1 aliphatic rings. The number of nitrogens with zero attached hydrogens (tertiary/aromatic N) is 2. The van der Waals surface area contributed by atoms with E-state index in [-0.39, 0.29) is 17.2 Å². The lowest BCUT2D eigenvalue weighted by Gasteiger charge is -2.32. The molecule has 1 saturated carbocycles. The SMILES string of the molecule is COC1(c2noc(-c3ccc(O)cc3F)n2)CCCCC1. The van der Waals surface area contributed by atoms with Crippen LogP contribution in [-0.2, 0) is 10.3 Å². The Bertz CT molecular complexity index is 636. The minimum Gasteiger partial charge on any atom is -0.508 e. The van der Waals surface area contributed by atoms with Gasteiger partial charge in [0.1, 0.15) is 17.2 Å². The molecular weight excluding hydrogens is 275 g/mol. The van der Waals surface area contributed by atoms with Crippen LogP contribution in [0.1, 0.15) is 37.9 Å². The van der Waals surface area contributed by atoms with Gasteiger partial charge >= 0.3 is 0 Å². The van der Waals surface area contributed by atoms with E-state index in [0.717, 1.165) is 31.7 Å². The summed E-state index contributed by atoms with van der Waals surface area (Å²) in [5, 5.41) is 13.2. The smallest absolute Gasteiger partial charge is 0.261 e. The molecule has 0 atom stereocenters. The van der Waals surface area contributed by atoms with Crippen LogP contribution in [0.2, 0.25) is 0 Å². The first kappa shape index (κ1) is 14.0. The predicted octanol–water partition coefficient (Wildman–Crippen LogP) is 3.39. The van der Waals surface area contributed by atoms with Gasteiger partial charge in [0.05, 0.1) is 5.56 Å². The first-order valence-corrected chi connectivity index (χ1v) is 7.03. The molecule has 5 nitrogen and oxygen atoms in total. The van der Waals surface area contributed by atoms with Crippen molar-refractivity contribution in [2.24, 2.45) is 0 Å². The third-order valence-corrected chi connectivity index (χ3v) is 4.07. The molecule has 1 N–H and O–H groups in total. The van der Waals surface area contributed by atoms with E-state index >= 15 is 0 Å². The molecule has 0 aliphatic heterocycles. The van der Waals surface area contributed by atoms with Crippen molar-refractivity contribution in [1.29, 1.82) is 0 Å². The Morgan fingerprint density at radius 2 is 2.05 bits per heavy atom. The van der Waals surface area contributed by atoms with Crippen LogP contribution in [0.3, 0.4) is 0 Å². The number of aromatic hydroxyl groups is 1. The number of rotatable bonds is 3. The van der Waals surface area contributed by atoms with E-state index < -0.39 is 11.4 Å². The van der Waals surface area contributed by atoms with Crippen LogP contribution in [0.15, 0.2) is 22.7 Å². The number of benzene rings is 1. The van der Waals surface area contributed by atoms with Crippen LogP contribution in [-0.4, -0.2) is 22.4 Å². The maximum atomic E-state index is 13.8. The number of halogens is 1. The highest BCUT2D eigenvalue weighted by atomic mass is 19.1. The van der Waals surface area contributed by atoms with Gasteiger partial charge in [0, 0.05) is 13.2 Å². The number of phenols is 1. The van der Waals surface area contributed by atoms with Gasteiger partial charge in [0.15, 0.2) is 0 Å². The van der Waals surface area contributed by atoms with E-state index in [1.54, 1.807) is 7.11 Å². The van der Waals surface area contributed by atoms with Gasteiger partial charge in [-0.1, -0.05) is 24.4 Å². The monoisotopic (exact) mass is 292 g/mol. The van der Waals surface area contributed by atoms with Crippen LogP contribution in [0.4, 0.5) is 4.39 Å². The fraction of sp³-hybridized carbons (Fsp3) is 0.467. The van der Waals surface area contributed by atoms with E-state index in [2.05, 4.69) is 10.1 Å². The van der Waals surface area contributed by atoms with E-state index in [1.165, 1.54) is 18.6 Å². The second-order valence-electron chi connectivity index (χ2n) is 5.35. The number of hydrogen-bond acceptors (Lipinski definition) is 5. The Morgan fingerprint density at radius 3 is 2.71 bits per heavy atom. The van der Waals surface area contributed by atoms with E-state index in [4.69, 9.17) is 9.26 Å². The third-order valence-electron chi connectivity index (χ3n) is 4.07. The fourth-order valence-electron chi connectivity index (χ4n) is 2.84. The molecule has 3 rings (SSSR count). The van der Waals surface area contributed by atoms with Crippen molar-refractivity contribution < 1.29 is 18.8 Å². The quantitative estimate of drug-likeness (QED) is 0.939. The summed E-state index contributed by atoms with van der Waals surface area (Å²) in [4.78, 5) is 4.31. The molecule has 1 aromatic carbocycles. The average Bonchev–Trinajstić information content (AvgIpc) is 2.98. The molecule has 2 aromatic rings. The topological polar surface area (TPSA) is 68.4 Å². The molecule has 1 heterocycles. The molecule has 6 heteroatoms. The van der Waals surface area contributed by atoms with Gasteiger partial charge in [-0.3, -0.25) is 0 Å². The molecule has 1 aliphatic carbocycles. The molecule has 0 unspecified atom stereocenters. The second kappa shape index (κ2) is 5.44. The summed E-state index contributed by atoms with van der Waals surface area (Å²) < 4.78 is 24.7. The summed E-state index contributed by atoms with van der Waals surface area (Å²) in [5.74, 6) is -0.173. The third kappa shape index (κ3) is 2.51. The highest BCUT2D eigenvalue weighted by molar-refractivity contribution is 5.55. The highest BCUT2D eigenvalue weighted by Gasteiger charge is 2.38. The van der Waals surface area contributed by atoms with Gasteiger partial charge in [-0.25, -0.2) is 4.39 Å². The summed E-state index contributed by atoms with van der Waals surface area (Å²) in [7, 11) is 1.64. The van der Waals surface area contributed by atoms with Gasteiger partial charge in [-0.15, -0.1) is 0 Å². The summed E-state index contributed by atoms with van der Waals surface area (Å²) in [6, 6.07) is 3.82. The number of ether oxygens (including phenoxy) is 1. The van der Waals surface area contributed by atoms with E-state index in [0.29, 0.717) is 5.82 Å². The maximum Gasteiger partial charge on any atom is 0.261 e. The van der Waals surface area contributed by atoms with Crippen LogP contribution in [0.25, 0.3) is 11.5 Å². The number of methoxy groups -OCH3 is 1. The molecule has 1 aromatic heterocycles. The Morgan fingerprint density at radius 1 is 1.29 bits per heavy atom. The van der Waals surface area contributed by atoms with Gasteiger partial charge in [-0.2, -0.15) is 4.98 Å². The normalized spacial score (nSPS) is 17.8. The largest absolute Gasteiger partial charge is 0.508 e. The summed E-state index contributed by atoms with van der Waals surface area (Å²) >= 11 is 0. The van der Waals surface area contributed by atoms with Crippen molar-refractivity contribution in [3.05, 3.63) is 29.8 Å². The Hall–Kier alpha value is -1.95. The number of aromatic nitrogens is 2. The van der Waals surface area contributed by atoms with Crippen molar-refractivity contribution in [1.82, 2.24) is 10.1 Å². The molecule has 0 radical (unpaired) electrons. The Labute approximate surface area is 121 Å². The predicted molar refractivity (Wildman–Crippen MR) is 73.1 cm³/mol. The molecule has 112 valence electrons. The van der Waals surface area contributed by atoms with Crippen LogP contribution in [0.5, 0.6) is 5.75 Å². The lowest BCUT2D eigenvalue weighted by Crippen LogP contribution is -2.32. The minimum absolute atomic E-state index is 0.101. The molecular formula is C15H17FN2O3. The van der Waals surface area contributed by atoms with E-state index in [9.17, 15) is 9.50 Å². The van der Waals surface area contributed by atoms with Gasteiger partial charge in [0.25, 0.3) is 5.89 Å². The summed E-state index contributed by atoms with van der Waals surface area (Å²) in [6.45, 7) is 0. The number of hydrogen-bond donors (Lipinski definition) is 1. The van der Waals surface area contributed by atoms with Crippen LogP contribution in [0, 0.1) is 5.82 Å². The zero-order valence-electron chi connectivity index (χ0n) is 11.8. The Balaban J connectivity index is 1.95. The van der Waals surface area contributed by atoms with Crippen molar-refractivity contribution in [3.63, 3.8) is 0 Å². The molecule has 21 heavy (non-hydrogen) atoms. The van der Waals surface area contributed by atoms with E-state index in [1.807, 2.05) is 0 Å². The minimum atomic E-state index is -0.597. The maximum absolute atomic E-state index is 13.8. The molecule has 0 spiro atoms. The zero-order valence-corrected chi connectivity index (χ0v) is 11.8. The van der Waals surface area contributed by atoms with Crippen molar-refractivity contribution >= 4 is 0 Å². The van der Waals surface area contributed by atoms with Crippen molar-refractivity contribution in [3.8, 4) is 17.2 Å². The zero-order chi connectivity index (χ0) is 14.9. The highest BCUT2D eigenvalue weighted by Crippen LogP contribution is 2.39. The molecule has 1 fully saturated rings. The molecule has 0 saturated heterocycles. The van der Waals surface area contributed by atoms with Crippen LogP contribution >= 0.6 is 0 Å². The average molecular weight is 292 g/mol. The lowest BCUT2D eigenvalue weighted by molar-refractivity contribution is -0.0527. The van der Waals surface area contributed by atoms with Crippen molar-refractivity contribution in [2.75, 3.05) is 7.11 Å². The van der Waals surface area contributed by atoms with Gasteiger partial charge < -0.3 is 14.4 Å². The fourth-order valence-corrected chi connectivity index (χ4v) is 2.84. The van der Waals surface area contributed by atoms with Crippen LogP contribution < -0.4 is 0 Å². The van der Waals surface area contributed by atoms with Crippen molar-refractivity contribution in [2.45, 2.75) is 37.7 Å². The first-order valence-electron chi connectivity index (χ1n) is 7.03. The van der Waals surface area contributed by atoms with Gasteiger partial charge in [-0.05, 0) is 25.0 Å². The first-order chi connectivity index (χ1) is 10.1. The second-order valence-corrected chi connectivity index (χ2v) is 5.35. The Kier molecular flexibility index (Phi) is 3.63. The molecule has 0 bridgehead atoms. The van der Waals surface area contributed by atoms with Gasteiger partial charge in [0.2, 0.25) is 5.82 Å². The summed E-state index contributed by atoms with van der Waals surface area (Å²) in [6.07, 6.45) is 4.93. The molecule has 0 amide bonds. The standard InChI is InChI=1S/C15H17FN2O3/c1-20-15(7-3-2-4-8-15)14-17-13(21-18-14)11-6-5-10(19)9-12(11)16/h5-6,9,19H,2-4,7-8H2,1H3. The lowest BCUT2D eigenvalue weighted by atomic mass is 9.84.